The Morgan fingerprint density at radius 2 is 2.07 bits per heavy atom. The van der Waals surface area contributed by atoms with Gasteiger partial charge in [-0.25, -0.2) is 0 Å². The molecule has 0 saturated heterocycles. The van der Waals surface area contributed by atoms with Crippen molar-refractivity contribution >= 4 is 11.8 Å². The molecular weight excluding hydrogens is 190 g/mol. The third kappa shape index (κ3) is 2.13. The highest BCUT2D eigenvalue weighted by Crippen LogP contribution is 2.30. The number of nitrogens with zero attached hydrogens (tertiary/aromatic N) is 1. The lowest BCUT2D eigenvalue weighted by molar-refractivity contribution is -0.385. The van der Waals surface area contributed by atoms with Crippen LogP contribution in [-0.2, 0) is 0 Å². The molecule has 0 heterocycles. The van der Waals surface area contributed by atoms with Crippen LogP contribution < -0.4 is 0 Å². The topological polar surface area (TPSA) is 43.1 Å². The van der Waals surface area contributed by atoms with Crippen LogP contribution in [0.25, 0.3) is 6.08 Å². The van der Waals surface area contributed by atoms with Gasteiger partial charge in [-0.15, -0.1) is 6.58 Å². The second-order valence-electron chi connectivity index (χ2n) is 3.09. The van der Waals surface area contributed by atoms with E-state index in [2.05, 4.69) is 20.1 Å². The molecule has 3 heteroatoms. The molecule has 0 bridgehead atoms. The summed E-state index contributed by atoms with van der Waals surface area (Å²) in [5, 5.41) is 10.9. The van der Waals surface area contributed by atoms with Gasteiger partial charge in [0.15, 0.2) is 0 Å². The third-order valence-corrected chi connectivity index (χ3v) is 2.18. The smallest absolute Gasteiger partial charge is 0.258 e. The number of hydrogen-bond donors (Lipinski definition) is 0. The predicted molar refractivity (Wildman–Crippen MR) is 61.5 cm³/mol. The van der Waals surface area contributed by atoms with Crippen molar-refractivity contribution in [3.05, 3.63) is 65.6 Å². The van der Waals surface area contributed by atoms with Crippen molar-refractivity contribution in [1.82, 2.24) is 0 Å². The fourth-order valence-electron chi connectivity index (χ4n) is 1.38. The molecule has 0 aliphatic heterocycles. The largest absolute Gasteiger partial charge is 0.280 e. The Kier molecular flexibility index (Phi) is 3.39. The zero-order valence-corrected chi connectivity index (χ0v) is 8.35. The Balaban J connectivity index is 3.44. The van der Waals surface area contributed by atoms with E-state index in [9.17, 15) is 10.1 Å². The molecule has 0 aliphatic rings. The van der Waals surface area contributed by atoms with Gasteiger partial charge in [-0.1, -0.05) is 30.9 Å². The number of nitro groups is 1. The summed E-state index contributed by atoms with van der Waals surface area (Å²) in [7, 11) is 0. The van der Waals surface area contributed by atoms with Gasteiger partial charge in [0.1, 0.15) is 0 Å². The van der Waals surface area contributed by atoms with Gasteiger partial charge in [-0.2, -0.15) is 0 Å². The molecule has 0 fully saturated rings. The Hall–Kier alpha value is -1.90. The van der Waals surface area contributed by atoms with E-state index in [1.807, 2.05) is 0 Å². The average Bonchev–Trinajstić information content (AvgIpc) is 2.26. The van der Waals surface area contributed by atoms with Crippen molar-refractivity contribution in [2.24, 2.45) is 0 Å². The van der Waals surface area contributed by atoms with Crippen molar-refractivity contribution in [3.63, 3.8) is 0 Å². The minimum Gasteiger partial charge on any atom is -0.258 e. The minimum absolute atomic E-state index is 0.0624. The molecule has 15 heavy (non-hydrogen) atoms. The molecule has 1 atom stereocenters. The molecule has 0 saturated carbocycles. The number of para-hydroxylation sites is 1. The maximum absolute atomic E-state index is 10.9. The van der Waals surface area contributed by atoms with Crippen molar-refractivity contribution in [3.8, 4) is 0 Å². The number of nitro benzene ring substituents is 1. The zero-order valence-electron chi connectivity index (χ0n) is 8.35. The predicted octanol–water partition coefficient (Wildman–Crippen LogP) is 3.34. The highest BCUT2D eigenvalue weighted by Gasteiger charge is 2.20. The van der Waals surface area contributed by atoms with Gasteiger partial charge in [0.05, 0.1) is 10.5 Å². The third-order valence-electron chi connectivity index (χ3n) is 2.18. The van der Waals surface area contributed by atoms with Gasteiger partial charge in [-0.3, -0.25) is 10.1 Å². The number of hydrogen-bond acceptors (Lipinski definition) is 2. The summed E-state index contributed by atoms with van der Waals surface area (Å²) in [6.07, 6.45) is 3.05. The van der Waals surface area contributed by atoms with Gasteiger partial charge in [0.2, 0.25) is 0 Å². The normalized spacial score (nSPS) is 11.8. The molecule has 77 valence electrons. The summed E-state index contributed by atoms with van der Waals surface area (Å²) in [6, 6.07) is 5.09. The molecule has 0 aromatic heterocycles. The van der Waals surface area contributed by atoms with Crippen LogP contribution >= 0.6 is 0 Å². The minimum atomic E-state index is -0.409. The quantitative estimate of drug-likeness (QED) is 0.427. The first-order valence-corrected chi connectivity index (χ1v) is 4.47. The van der Waals surface area contributed by atoms with Crippen LogP contribution in [0.3, 0.4) is 0 Å². The SMILES string of the molecule is [CH2]C(C=C)c1cccc(C=C)c1[N+](=O)[O-]. The Morgan fingerprint density at radius 3 is 2.53 bits per heavy atom. The van der Waals surface area contributed by atoms with E-state index >= 15 is 0 Å². The first kappa shape index (κ1) is 11.2. The molecule has 1 radical (unpaired) electrons. The molecule has 0 aliphatic carbocycles. The Morgan fingerprint density at radius 1 is 1.40 bits per heavy atom. The molecule has 0 amide bonds. The monoisotopic (exact) mass is 202 g/mol. The van der Waals surface area contributed by atoms with Crippen LogP contribution in [0.5, 0.6) is 0 Å². The van der Waals surface area contributed by atoms with Crippen LogP contribution in [0, 0.1) is 17.0 Å². The number of allylic oxidation sites excluding steroid dienone is 1. The summed E-state index contributed by atoms with van der Waals surface area (Å²) in [6.45, 7) is 10.9. The van der Waals surface area contributed by atoms with Crippen molar-refractivity contribution < 1.29 is 4.92 Å². The molecular formula is C12H12NO2. The summed E-state index contributed by atoms with van der Waals surface area (Å²) >= 11 is 0. The van der Waals surface area contributed by atoms with E-state index in [0.717, 1.165) is 0 Å². The van der Waals surface area contributed by atoms with Crippen molar-refractivity contribution in [1.29, 1.82) is 0 Å². The zero-order chi connectivity index (χ0) is 11.4. The van der Waals surface area contributed by atoms with Crippen molar-refractivity contribution in [2.75, 3.05) is 0 Å². The fourth-order valence-corrected chi connectivity index (χ4v) is 1.38. The lowest BCUT2D eigenvalue weighted by atomic mass is 9.96. The van der Waals surface area contributed by atoms with Crippen LogP contribution in [-0.4, -0.2) is 4.92 Å². The average molecular weight is 202 g/mol. The highest BCUT2D eigenvalue weighted by atomic mass is 16.6. The van der Waals surface area contributed by atoms with E-state index in [0.29, 0.717) is 11.1 Å². The summed E-state index contributed by atoms with van der Waals surface area (Å²) in [4.78, 5) is 10.5. The fraction of sp³-hybridized carbons (Fsp3) is 0.0833. The van der Waals surface area contributed by atoms with Crippen molar-refractivity contribution in [2.45, 2.75) is 5.92 Å². The summed E-state index contributed by atoms with van der Waals surface area (Å²) < 4.78 is 0. The molecule has 1 aromatic rings. The molecule has 1 aromatic carbocycles. The first-order valence-electron chi connectivity index (χ1n) is 4.47. The van der Waals surface area contributed by atoms with E-state index < -0.39 is 4.92 Å². The van der Waals surface area contributed by atoms with E-state index in [1.54, 1.807) is 24.3 Å². The standard InChI is InChI=1S/C12H12NO2/c1-4-9(3)11-8-6-7-10(5-2)12(11)13(14)15/h4-9H,1-3H2. The van der Waals surface area contributed by atoms with Crippen LogP contribution in [0.4, 0.5) is 5.69 Å². The van der Waals surface area contributed by atoms with Crippen LogP contribution in [0.15, 0.2) is 37.4 Å². The van der Waals surface area contributed by atoms with E-state index in [-0.39, 0.29) is 11.6 Å². The van der Waals surface area contributed by atoms with E-state index in [4.69, 9.17) is 0 Å². The highest BCUT2D eigenvalue weighted by molar-refractivity contribution is 5.64. The number of rotatable bonds is 4. The maximum atomic E-state index is 10.9. The van der Waals surface area contributed by atoms with Crippen LogP contribution in [0.1, 0.15) is 17.0 Å². The summed E-state index contributed by atoms with van der Waals surface area (Å²) in [5.74, 6) is -0.287. The van der Waals surface area contributed by atoms with Crippen LogP contribution in [0.2, 0.25) is 0 Å². The van der Waals surface area contributed by atoms with Gasteiger partial charge in [0.25, 0.3) is 5.69 Å². The summed E-state index contributed by atoms with van der Waals surface area (Å²) in [5.41, 5.74) is 1.13. The second-order valence-corrected chi connectivity index (χ2v) is 3.09. The number of benzene rings is 1. The van der Waals surface area contributed by atoms with Gasteiger partial charge in [-0.05, 0) is 13.0 Å². The molecule has 0 N–H and O–H groups in total. The molecule has 0 spiro atoms. The maximum Gasteiger partial charge on any atom is 0.280 e. The van der Waals surface area contributed by atoms with Gasteiger partial charge >= 0.3 is 0 Å². The lowest BCUT2D eigenvalue weighted by Gasteiger charge is -2.08. The molecule has 1 rings (SSSR count). The van der Waals surface area contributed by atoms with E-state index in [1.165, 1.54) is 6.08 Å². The van der Waals surface area contributed by atoms with Gasteiger partial charge < -0.3 is 0 Å². The van der Waals surface area contributed by atoms with Gasteiger partial charge in [0, 0.05) is 11.5 Å². The lowest BCUT2D eigenvalue weighted by Crippen LogP contribution is -2.00. The Bertz CT molecular complexity index is 410. The molecule has 1 unspecified atom stereocenters. The second kappa shape index (κ2) is 4.55. The Labute approximate surface area is 88.9 Å². The first-order chi connectivity index (χ1) is 7.11. The molecule has 3 nitrogen and oxygen atoms in total.